The van der Waals surface area contributed by atoms with Crippen LogP contribution in [-0.2, 0) is 4.79 Å². The molecular weight excluding hydrogens is 270 g/mol. The normalized spacial score (nSPS) is 24.9. The summed E-state index contributed by atoms with van der Waals surface area (Å²) in [5.74, 6) is -0.514. The van der Waals surface area contributed by atoms with Gasteiger partial charge >= 0.3 is 12.0 Å². The van der Waals surface area contributed by atoms with Crippen LogP contribution in [-0.4, -0.2) is 78.1 Å². The standard InChI is InChI=1S/C15H27N3O3/c1-16-7-3-4-13(11-16)17(2)15(21)18-8-5-12(6-9-18)10-14(19)20/h12-13H,3-11H2,1-2H3,(H,19,20). The molecule has 6 heteroatoms. The summed E-state index contributed by atoms with van der Waals surface area (Å²) < 4.78 is 0. The molecular formula is C15H27N3O3. The van der Waals surface area contributed by atoms with Gasteiger partial charge < -0.3 is 19.8 Å². The Bertz CT molecular complexity index is 380. The van der Waals surface area contributed by atoms with Crippen molar-refractivity contribution in [2.24, 2.45) is 5.92 Å². The fourth-order valence-corrected chi connectivity index (χ4v) is 3.41. The fraction of sp³-hybridized carbons (Fsp3) is 0.867. The van der Waals surface area contributed by atoms with E-state index in [0.29, 0.717) is 19.1 Å². The van der Waals surface area contributed by atoms with Crippen molar-refractivity contribution in [3.05, 3.63) is 0 Å². The lowest BCUT2D eigenvalue weighted by molar-refractivity contribution is -0.138. The third kappa shape index (κ3) is 4.33. The van der Waals surface area contributed by atoms with Gasteiger partial charge in [0.2, 0.25) is 0 Å². The second kappa shape index (κ2) is 7.11. The number of aliphatic carboxylic acids is 1. The molecule has 0 radical (unpaired) electrons. The molecule has 0 saturated carbocycles. The molecule has 2 amide bonds. The molecule has 0 bridgehead atoms. The molecule has 0 aromatic rings. The number of piperidine rings is 2. The van der Waals surface area contributed by atoms with Crippen molar-refractivity contribution in [2.45, 2.75) is 38.1 Å². The van der Waals surface area contributed by atoms with Gasteiger partial charge in [0.05, 0.1) is 0 Å². The van der Waals surface area contributed by atoms with E-state index in [2.05, 4.69) is 11.9 Å². The number of carbonyl (C=O) groups is 2. The van der Waals surface area contributed by atoms with Crippen LogP contribution in [0.5, 0.6) is 0 Å². The molecule has 0 aliphatic carbocycles. The van der Waals surface area contributed by atoms with E-state index in [9.17, 15) is 9.59 Å². The molecule has 1 atom stereocenters. The first-order valence-electron chi connectivity index (χ1n) is 7.89. The average Bonchev–Trinajstić information content (AvgIpc) is 2.46. The molecule has 120 valence electrons. The van der Waals surface area contributed by atoms with Gasteiger partial charge in [-0.15, -0.1) is 0 Å². The van der Waals surface area contributed by atoms with Crippen molar-refractivity contribution in [1.82, 2.24) is 14.7 Å². The molecule has 6 nitrogen and oxygen atoms in total. The van der Waals surface area contributed by atoms with Crippen LogP contribution >= 0.6 is 0 Å². The highest BCUT2D eigenvalue weighted by Gasteiger charge is 2.30. The summed E-state index contributed by atoms with van der Waals surface area (Å²) in [5.41, 5.74) is 0. The van der Waals surface area contributed by atoms with Gasteiger partial charge in [-0.2, -0.15) is 0 Å². The number of likely N-dealkylation sites (N-methyl/N-ethyl adjacent to an activating group) is 2. The maximum atomic E-state index is 12.5. The van der Waals surface area contributed by atoms with Gasteiger partial charge in [-0.3, -0.25) is 4.79 Å². The zero-order valence-electron chi connectivity index (χ0n) is 13.1. The first kappa shape index (κ1) is 16.1. The Kier molecular flexibility index (Phi) is 5.45. The second-order valence-corrected chi connectivity index (χ2v) is 6.48. The third-order valence-corrected chi connectivity index (χ3v) is 4.80. The van der Waals surface area contributed by atoms with Gasteiger partial charge in [0.1, 0.15) is 0 Å². The number of hydrogen-bond donors (Lipinski definition) is 1. The van der Waals surface area contributed by atoms with E-state index in [4.69, 9.17) is 5.11 Å². The predicted molar refractivity (Wildman–Crippen MR) is 80.2 cm³/mol. The quantitative estimate of drug-likeness (QED) is 0.853. The zero-order valence-corrected chi connectivity index (χ0v) is 13.1. The summed E-state index contributed by atoms with van der Waals surface area (Å²) in [6, 6.07) is 0.400. The van der Waals surface area contributed by atoms with E-state index in [1.165, 1.54) is 0 Å². The van der Waals surface area contributed by atoms with Gasteiger partial charge in [0.25, 0.3) is 0 Å². The van der Waals surface area contributed by atoms with Crippen LogP contribution in [0.3, 0.4) is 0 Å². The molecule has 0 aromatic heterocycles. The van der Waals surface area contributed by atoms with Crippen LogP contribution in [0.2, 0.25) is 0 Å². The second-order valence-electron chi connectivity index (χ2n) is 6.48. The van der Waals surface area contributed by atoms with Crippen molar-refractivity contribution in [3.63, 3.8) is 0 Å². The minimum Gasteiger partial charge on any atom is -0.481 e. The molecule has 21 heavy (non-hydrogen) atoms. The maximum Gasteiger partial charge on any atom is 0.320 e. The molecule has 2 rings (SSSR count). The molecule has 0 spiro atoms. The number of amides is 2. The van der Waals surface area contributed by atoms with Crippen LogP contribution in [0.15, 0.2) is 0 Å². The number of nitrogens with zero attached hydrogens (tertiary/aromatic N) is 3. The molecule has 2 aliphatic rings. The average molecular weight is 297 g/mol. The third-order valence-electron chi connectivity index (χ3n) is 4.80. The van der Waals surface area contributed by atoms with E-state index in [0.717, 1.165) is 38.8 Å². The van der Waals surface area contributed by atoms with Crippen LogP contribution in [0.1, 0.15) is 32.1 Å². The number of carboxylic acid groups (broad SMARTS) is 1. The van der Waals surface area contributed by atoms with E-state index in [-0.39, 0.29) is 18.4 Å². The summed E-state index contributed by atoms with van der Waals surface area (Å²) in [7, 11) is 4.00. The number of urea groups is 1. The van der Waals surface area contributed by atoms with E-state index in [1.54, 1.807) is 0 Å². The molecule has 2 fully saturated rings. The summed E-state index contributed by atoms with van der Waals surface area (Å²) in [4.78, 5) is 29.3. The largest absolute Gasteiger partial charge is 0.481 e. The number of carboxylic acids is 1. The molecule has 2 aliphatic heterocycles. The number of carbonyl (C=O) groups excluding carboxylic acids is 1. The zero-order chi connectivity index (χ0) is 15.4. The fourth-order valence-electron chi connectivity index (χ4n) is 3.41. The lowest BCUT2D eigenvalue weighted by Crippen LogP contribution is -2.53. The lowest BCUT2D eigenvalue weighted by atomic mass is 9.94. The highest BCUT2D eigenvalue weighted by molar-refractivity contribution is 5.74. The van der Waals surface area contributed by atoms with Crippen LogP contribution in [0, 0.1) is 5.92 Å². The van der Waals surface area contributed by atoms with Gasteiger partial charge in [0.15, 0.2) is 0 Å². The van der Waals surface area contributed by atoms with Gasteiger partial charge in [-0.05, 0) is 45.2 Å². The number of likely N-dealkylation sites (tertiary alicyclic amines) is 2. The highest BCUT2D eigenvalue weighted by Crippen LogP contribution is 2.22. The molecule has 1 unspecified atom stereocenters. The summed E-state index contributed by atoms with van der Waals surface area (Å²) >= 11 is 0. The predicted octanol–water partition coefficient (Wildman–Crippen LogP) is 1.32. The van der Waals surface area contributed by atoms with Crippen LogP contribution in [0.25, 0.3) is 0 Å². The van der Waals surface area contributed by atoms with Crippen molar-refractivity contribution < 1.29 is 14.7 Å². The molecule has 2 saturated heterocycles. The Hall–Kier alpha value is -1.30. The van der Waals surface area contributed by atoms with Gasteiger partial charge in [-0.25, -0.2) is 4.79 Å². The van der Waals surface area contributed by atoms with Gasteiger partial charge in [0, 0.05) is 39.1 Å². The highest BCUT2D eigenvalue weighted by atomic mass is 16.4. The van der Waals surface area contributed by atoms with Crippen molar-refractivity contribution in [1.29, 1.82) is 0 Å². The first-order chi connectivity index (χ1) is 9.97. The Morgan fingerprint density at radius 2 is 1.86 bits per heavy atom. The molecule has 0 aromatic carbocycles. The summed E-state index contributed by atoms with van der Waals surface area (Å²) in [5, 5.41) is 8.83. The smallest absolute Gasteiger partial charge is 0.320 e. The Morgan fingerprint density at radius 1 is 1.19 bits per heavy atom. The van der Waals surface area contributed by atoms with E-state index < -0.39 is 5.97 Å². The Labute approximate surface area is 126 Å². The topological polar surface area (TPSA) is 64.1 Å². The molecule has 1 N–H and O–H groups in total. The monoisotopic (exact) mass is 297 g/mol. The number of rotatable bonds is 3. The van der Waals surface area contributed by atoms with Crippen LogP contribution in [0.4, 0.5) is 4.79 Å². The van der Waals surface area contributed by atoms with Gasteiger partial charge in [-0.1, -0.05) is 0 Å². The summed E-state index contributed by atoms with van der Waals surface area (Å²) in [6.07, 6.45) is 4.04. The minimum absolute atomic E-state index is 0.101. The summed E-state index contributed by atoms with van der Waals surface area (Å²) in [6.45, 7) is 3.42. The number of hydrogen-bond acceptors (Lipinski definition) is 3. The van der Waals surface area contributed by atoms with Crippen LogP contribution < -0.4 is 0 Å². The lowest BCUT2D eigenvalue weighted by Gasteiger charge is -2.40. The van der Waals surface area contributed by atoms with Crippen molar-refractivity contribution >= 4 is 12.0 Å². The van der Waals surface area contributed by atoms with Crippen molar-refractivity contribution in [2.75, 3.05) is 40.3 Å². The van der Waals surface area contributed by atoms with E-state index >= 15 is 0 Å². The first-order valence-corrected chi connectivity index (χ1v) is 7.89. The Morgan fingerprint density at radius 3 is 2.43 bits per heavy atom. The SMILES string of the molecule is CN1CCCC(N(C)C(=O)N2CCC(CC(=O)O)CC2)C1. The Balaban J connectivity index is 1.82. The maximum absolute atomic E-state index is 12.5. The minimum atomic E-state index is -0.734. The van der Waals surface area contributed by atoms with Crippen molar-refractivity contribution in [3.8, 4) is 0 Å². The molecule has 2 heterocycles. The van der Waals surface area contributed by atoms with E-state index in [1.807, 2.05) is 16.8 Å².